The predicted molar refractivity (Wildman–Crippen MR) is 74.6 cm³/mol. The maximum absolute atomic E-state index is 11.0. The smallest absolute Gasteiger partial charge is 0.311 e. The molecule has 0 amide bonds. The lowest BCUT2D eigenvalue weighted by atomic mass is 10.2. The van der Waals surface area contributed by atoms with Gasteiger partial charge in [-0.15, -0.1) is 0 Å². The van der Waals surface area contributed by atoms with E-state index in [1.807, 2.05) is 6.92 Å². The molecule has 5 nitrogen and oxygen atoms in total. The number of aromatic nitrogens is 1. The third-order valence-electron chi connectivity index (χ3n) is 2.55. The molecule has 0 unspecified atom stereocenters. The summed E-state index contributed by atoms with van der Waals surface area (Å²) in [5.74, 6) is 0.512. The molecule has 0 N–H and O–H groups in total. The molecule has 0 radical (unpaired) electrons. The maximum atomic E-state index is 11.0. The normalized spacial score (nSPS) is 10.3. The summed E-state index contributed by atoms with van der Waals surface area (Å²) in [6, 6.07) is 6.52. The summed E-state index contributed by atoms with van der Waals surface area (Å²) in [7, 11) is 0. The second-order valence-corrected chi connectivity index (χ2v) is 4.96. The van der Waals surface area contributed by atoms with Crippen molar-refractivity contribution in [3.05, 3.63) is 56.2 Å². The van der Waals surface area contributed by atoms with Gasteiger partial charge in [0, 0.05) is 22.8 Å². The van der Waals surface area contributed by atoms with Crippen LogP contribution < -0.4 is 4.74 Å². The van der Waals surface area contributed by atoms with E-state index in [1.165, 1.54) is 6.07 Å². The number of ether oxygens (including phenoxy) is 1. The summed E-state index contributed by atoms with van der Waals surface area (Å²) in [6.45, 7) is 3.68. The first-order valence-corrected chi connectivity index (χ1v) is 6.31. The van der Waals surface area contributed by atoms with Crippen LogP contribution >= 0.6 is 15.9 Å². The van der Waals surface area contributed by atoms with Crippen LogP contribution in [-0.2, 0) is 0 Å². The summed E-state index contributed by atoms with van der Waals surface area (Å²) < 4.78 is 6.35. The molecule has 0 aliphatic rings. The van der Waals surface area contributed by atoms with Crippen molar-refractivity contribution in [2.75, 3.05) is 0 Å². The Morgan fingerprint density at radius 1 is 1.32 bits per heavy atom. The third kappa shape index (κ3) is 3.08. The van der Waals surface area contributed by atoms with E-state index in [0.717, 1.165) is 15.6 Å². The average Bonchev–Trinajstić information content (AvgIpc) is 2.36. The number of pyridine rings is 1. The molecule has 0 atom stereocenters. The Morgan fingerprint density at radius 2 is 2.05 bits per heavy atom. The largest absolute Gasteiger partial charge is 0.432 e. The van der Waals surface area contributed by atoms with Gasteiger partial charge in [0.2, 0.25) is 11.6 Å². The van der Waals surface area contributed by atoms with Gasteiger partial charge in [-0.05, 0) is 47.0 Å². The van der Waals surface area contributed by atoms with Gasteiger partial charge in [0.1, 0.15) is 0 Å². The van der Waals surface area contributed by atoms with Crippen LogP contribution in [0, 0.1) is 24.0 Å². The van der Waals surface area contributed by atoms with Gasteiger partial charge < -0.3 is 4.74 Å². The van der Waals surface area contributed by atoms with E-state index in [4.69, 9.17) is 4.74 Å². The van der Waals surface area contributed by atoms with Crippen molar-refractivity contribution >= 4 is 21.6 Å². The van der Waals surface area contributed by atoms with E-state index < -0.39 is 4.92 Å². The minimum Gasteiger partial charge on any atom is -0.432 e. The standard InChI is InChI=1S/C13H11BrN2O3/c1-8-3-4-12(11(5-8)16(17)18)19-13-6-9(2)10(14)7-15-13/h3-7H,1-2H3. The highest BCUT2D eigenvalue weighted by Gasteiger charge is 2.16. The summed E-state index contributed by atoms with van der Waals surface area (Å²) >= 11 is 3.34. The molecular formula is C13H11BrN2O3. The van der Waals surface area contributed by atoms with Crippen LogP contribution in [0.2, 0.25) is 0 Å². The summed E-state index contributed by atoms with van der Waals surface area (Å²) in [5.41, 5.74) is 1.68. The van der Waals surface area contributed by atoms with Gasteiger partial charge in [0.15, 0.2) is 0 Å². The SMILES string of the molecule is Cc1ccc(Oc2cc(C)c(Br)cn2)c([N+](=O)[O-])c1. The Kier molecular flexibility index (Phi) is 3.80. The zero-order valence-corrected chi connectivity index (χ0v) is 12.0. The zero-order valence-electron chi connectivity index (χ0n) is 10.4. The zero-order chi connectivity index (χ0) is 14.0. The van der Waals surface area contributed by atoms with Crippen LogP contribution in [0.15, 0.2) is 34.9 Å². The highest BCUT2D eigenvalue weighted by molar-refractivity contribution is 9.10. The van der Waals surface area contributed by atoms with Crippen LogP contribution in [0.3, 0.4) is 0 Å². The fourth-order valence-corrected chi connectivity index (χ4v) is 1.76. The number of hydrogen-bond acceptors (Lipinski definition) is 4. The average molecular weight is 323 g/mol. The lowest BCUT2D eigenvalue weighted by molar-refractivity contribution is -0.385. The number of rotatable bonds is 3. The molecule has 2 rings (SSSR count). The highest BCUT2D eigenvalue weighted by atomic mass is 79.9. The predicted octanol–water partition coefficient (Wildman–Crippen LogP) is 4.16. The number of aryl methyl sites for hydroxylation is 2. The molecule has 1 heterocycles. The molecule has 0 saturated carbocycles. The quantitative estimate of drug-likeness (QED) is 0.628. The molecule has 1 aromatic heterocycles. The molecular weight excluding hydrogens is 312 g/mol. The Labute approximate surface area is 118 Å². The van der Waals surface area contributed by atoms with Crippen molar-refractivity contribution < 1.29 is 9.66 Å². The fraction of sp³-hybridized carbons (Fsp3) is 0.154. The Balaban J connectivity index is 2.37. The van der Waals surface area contributed by atoms with Gasteiger partial charge >= 0.3 is 5.69 Å². The summed E-state index contributed by atoms with van der Waals surface area (Å²) in [5, 5.41) is 11.0. The molecule has 19 heavy (non-hydrogen) atoms. The van der Waals surface area contributed by atoms with Crippen LogP contribution in [0.4, 0.5) is 5.69 Å². The minimum atomic E-state index is -0.464. The fourth-order valence-electron chi connectivity index (χ4n) is 1.54. The lowest BCUT2D eigenvalue weighted by Crippen LogP contribution is -1.95. The molecule has 1 aromatic carbocycles. The van der Waals surface area contributed by atoms with Gasteiger partial charge in [0.25, 0.3) is 0 Å². The van der Waals surface area contributed by atoms with Crippen LogP contribution in [0.1, 0.15) is 11.1 Å². The molecule has 2 aromatic rings. The van der Waals surface area contributed by atoms with Crippen molar-refractivity contribution in [3.63, 3.8) is 0 Å². The van der Waals surface area contributed by atoms with Crippen LogP contribution in [0.5, 0.6) is 11.6 Å². The number of hydrogen-bond donors (Lipinski definition) is 0. The van der Waals surface area contributed by atoms with Crippen molar-refractivity contribution in [1.29, 1.82) is 0 Å². The van der Waals surface area contributed by atoms with Crippen LogP contribution in [0.25, 0.3) is 0 Å². The van der Waals surface area contributed by atoms with E-state index in [-0.39, 0.29) is 11.4 Å². The molecule has 6 heteroatoms. The van der Waals surface area contributed by atoms with E-state index in [1.54, 1.807) is 31.3 Å². The minimum absolute atomic E-state index is 0.0672. The molecule has 0 aliphatic heterocycles. The summed E-state index contributed by atoms with van der Waals surface area (Å²) in [4.78, 5) is 14.6. The molecule has 0 aliphatic carbocycles. The Morgan fingerprint density at radius 3 is 2.68 bits per heavy atom. The second-order valence-electron chi connectivity index (χ2n) is 4.10. The van der Waals surface area contributed by atoms with Crippen molar-refractivity contribution in [2.45, 2.75) is 13.8 Å². The van der Waals surface area contributed by atoms with Gasteiger partial charge in [-0.2, -0.15) is 0 Å². The Hall–Kier alpha value is -1.95. The molecule has 0 spiro atoms. The summed E-state index contributed by atoms with van der Waals surface area (Å²) in [6.07, 6.45) is 1.60. The van der Waals surface area contributed by atoms with Gasteiger partial charge in [-0.25, -0.2) is 4.98 Å². The van der Waals surface area contributed by atoms with E-state index >= 15 is 0 Å². The highest BCUT2D eigenvalue weighted by Crippen LogP contribution is 2.32. The van der Waals surface area contributed by atoms with Crippen molar-refractivity contribution in [1.82, 2.24) is 4.98 Å². The van der Waals surface area contributed by atoms with Crippen molar-refractivity contribution in [2.24, 2.45) is 0 Å². The van der Waals surface area contributed by atoms with Crippen LogP contribution in [-0.4, -0.2) is 9.91 Å². The Bertz CT molecular complexity index is 644. The van der Waals surface area contributed by atoms with Gasteiger partial charge in [-0.3, -0.25) is 10.1 Å². The van der Waals surface area contributed by atoms with Gasteiger partial charge in [-0.1, -0.05) is 6.07 Å². The lowest BCUT2D eigenvalue weighted by Gasteiger charge is -2.07. The third-order valence-corrected chi connectivity index (χ3v) is 3.38. The molecule has 0 fully saturated rings. The first-order valence-electron chi connectivity index (χ1n) is 5.52. The number of benzene rings is 1. The van der Waals surface area contributed by atoms with Gasteiger partial charge in [0.05, 0.1) is 4.92 Å². The first-order chi connectivity index (χ1) is 8.97. The number of nitrogens with zero attached hydrogens (tertiary/aromatic N) is 2. The van der Waals surface area contributed by atoms with E-state index in [0.29, 0.717) is 5.88 Å². The first kappa shape index (κ1) is 13.5. The topological polar surface area (TPSA) is 65.3 Å². The molecule has 98 valence electrons. The molecule has 0 saturated heterocycles. The van der Waals surface area contributed by atoms with E-state index in [9.17, 15) is 10.1 Å². The maximum Gasteiger partial charge on any atom is 0.311 e. The number of nitro benzene ring substituents is 1. The monoisotopic (exact) mass is 322 g/mol. The van der Waals surface area contributed by atoms with Crippen molar-refractivity contribution in [3.8, 4) is 11.6 Å². The number of halogens is 1. The van der Waals surface area contributed by atoms with E-state index in [2.05, 4.69) is 20.9 Å². The second kappa shape index (κ2) is 5.36. The number of nitro groups is 1. The molecule has 0 bridgehead atoms.